The van der Waals surface area contributed by atoms with E-state index < -0.39 is 0 Å². The van der Waals surface area contributed by atoms with E-state index in [4.69, 9.17) is 4.52 Å². The molecular formula is C15H27N5O. The van der Waals surface area contributed by atoms with Crippen LogP contribution in [0.5, 0.6) is 0 Å². The molecule has 1 saturated carbocycles. The molecule has 0 spiro atoms. The molecule has 2 fully saturated rings. The van der Waals surface area contributed by atoms with Crippen molar-refractivity contribution in [2.45, 2.75) is 44.6 Å². The number of anilines is 1. The van der Waals surface area contributed by atoms with Crippen LogP contribution in [-0.4, -0.2) is 60.9 Å². The van der Waals surface area contributed by atoms with Gasteiger partial charge in [0.05, 0.1) is 0 Å². The van der Waals surface area contributed by atoms with E-state index >= 15 is 0 Å². The van der Waals surface area contributed by atoms with Gasteiger partial charge in [0.25, 0.3) is 5.95 Å². The van der Waals surface area contributed by atoms with E-state index in [0.717, 1.165) is 57.4 Å². The molecule has 21 heavy (non-hydrogen) atoms. The fraction of sp³-hybridized carbons (Fsp3) is 0.867. The Morgan fingerprint density at radius 1 is 1.14 bits per heavy atom. The maximum Gasteiger partial charge on any atom is 0.266 e. The molecule has 0 bridgehead atoms. The van der Waals surface area contributed by atoms with Gasteiger partial charge in [-0.15, -0.1) is 0 Å². The molecule has 6 heteroatoms. The number of aromatic nitrogens is 2. The van der Waals surface area contributed by atoms with Gasteiger partial charge < -0.3 is 19.6 Å². The summed E-state index contributed by atoms with van der Waals surface area (Å²) in [4.78, 5) is 9.23. The zero-order chi connectivity index (χ0) is 14.7. The van der Waals surface area contributed by atoms with Gasteiger partial charge >= 0.3 is 0 Å². The van der Waals surface area contributed by atoms with E-state index in [0.29, 0.717) is 12.0 Å². The first-order valence-electron chi connectivity index (χ1n) is 8.26. The average molecular weight is 293 g/mol. The molecular weight excluding hydrogens is 266 g/mol. The zero-order valence-corrected chi connectivity index (χ0v) is 13.2. The van der Waals surface area contributed by atoms with Gasteiger partial charge in [0.15, 0.2) is 0 Å². The highest BCUT2D eigenvalue weighted by atomic mass is 16.5. The smallest absolute Gasteiger partial charge is 0.266 e. The Balaban J connectivity index is 1.56. The van der Waals surface area contributed by atoms with Crippen molar-refractivity contribution in [3.8, 4) is 0 Å². The highest BCUT2D eigenvalue weighted by molar-refractivity contribution is 5.29. The molecule has 1 aliphatic carbocycles. The highest BCUT2D eigenvalue weighted by Crippen LogP contribution is 2.32. The molecule has 2 aliphatic rings. The fourth-order valence-electron chi connectivity index (χ4n) is 3.36. The maximum absolute atomic E-state index is 5.54. The van der Waals surface area contributed by atoms with Crippen LogP contribution in [0.4, 0.5) is 5.95 Å². The molecule has 0 radical (unpaired) electrons. The zero-order valence-electron chi connectivity index (χ0n) is 13.2. The van der Waals surface area contributed by atoms with Crippen molar-refractivity contribution in [3.05, 3.63) is 5.89 Å². The molecule has 1 N–H and O–H groups in total. The van der Waals surface area contributed by atoms with Gasteiger partial charge in [-0.05, 0) is 44.4 Å². The number of rotatable bonds is 4. The quantitative estimate of drug-likeness (QED) is 0.907. The van der Waals surface area contributed by atoms with Crippen molar-refractivity contribution < 1.29 is 4.52 Å². The van der Waals surface area contributed by atoms with Gasteiger partial charge in [-0.3, -0.25) is 0 Å². The highest BCUT2D eigenvalue weighted by Gasteiger charge is 2.27. The third kappa shape index (κ3) is 3.55. The van der Waals surface area contributed by atoms with Crippen molar-refractivity contribution in [2.75, 3.05) is 44.7 Å². The predicted molar refractivity (Wildman–Crippen MR) is 82.7 cm³/mol. The maximum atomic E-state index is 5.54. The van der Waals surface area contributed by atoms with Crippen LogP contribution >= 0.6 is 0 Å². The van der Waals surface area contributed by atoms with Gasteiger partial charge in [-0.1, -0.05) is 6.92 Å². The molecule has 2 heterocycles. The molecule has 1 aliphatic heterocycles. The molecule has 0 unspecified atom stereocenters. The van der Waals surface area contributed by atoms with Crippen molar-refractivity contribution >= 4 is 5.95 Å². The molecule has 0 amide bonds. The van der Waals surface area contributed by atoms with E-state index in [1.807, 2.05) is 0 Å². The number of nitrogens with one attached hydrogen (secondary N) is 1. The number of piperazine rings is 1. The summed E-state index contributed by atoms with van der Waals surface area (Å²) in [6, 6.07) is 0.672. The Hall–Kier alpha value is -1.14. The monoisotopic (exact) mass is 293 g/mol. The number of hydrogen-bond donors (Lipinski definition) is 1. The molecule has 1 aromatic rings. The first-order valence-corrected chi connectivity index (χ1v) is 8.26. The van der Waals surface area contributed by atoms with Crippen molar-refractivity contribution in [1.82, 2.24) is 20.4 Å². The minimum Gasteiger partial charge on any atom is -0.337 e. The standard InChI is InChI=1S/C15H27N5O/c1-3-16-13-6-4-12(5-7-13)14-17-15(18-21-14)20-10-8-19(2)9-11-20/h12-13,16H,3-11H2,1-2H3. The minimum atomic E-state index is 0.452. The third-order valence-corrected chi connectivity index (χ3v) is 4.79. The summed E-state index contributed by atoms with van der Waals surface area (Å²) in [5.41, 5.74) is 0. The minimum absolute atomic E-state index is 0.452. The lowest BCUT2D eigenvalue weighted by molar-refractivity contribution is 0.283. The molecule has 1 saturated heterocycles. The van der Waals surface area contributed by atoms with Crippen LogP contribution in [0.1, 0.15) is 44.4 Å². The molecule has 118 valence electrons. The molecule has 0 aromatic carbocycles. The molecule has 1 aromatic heterocycles. The van der Waals surface area contributed by atoms with Gasteiger partial charge in [-0.2, -0.15) is 4.98 Å². The Bertz CT molecular complexity index is 433. The SMILES string of the molecule is CCNC1CCC(c2nc(N3CCN(C)CC3)no2)CC1. The van der Waals surface area contributed by atoms with E-state index in [9.17, 15) is 0 Å². The normalized spacial score (nSPS) is 28.0. The van der Waals surface area contributed by atoms with E-state index in [1.165, 1.54) is 12.8 Å². The van der Waals surface area contributed by atoms with Crippen molar-refractivity contribution in [3.63, 3.8) is 0 Å². The van der Waals surface area contributed by atoms with Crippen LogP contribution in [0, 0.1) is 0 Å². The lowest BCUT2D eigenvalue weighted by Crippen LogP contribution is -2.44. The van der Waals surface area contributed by atoms with Gasteiger partial charge in [0.1, 0.15) is 0 Å². The van der Waals surface area contributed by atoms with Gasteiger partial charge in [0.2, 0.25) is 5.89 Å². The summed E-state index contributed by atoms with van der Waals surface area (Å²) in [5, 5.41) is 7.74. The lowest BCUT2D eigenvalue weighted by atomic mass is 9.86. The van der Waals surface area contributed by atoms with Gasteiger partial charge in [0, 0.05) is 38.1 Å². The second-order valence-corrected chi connectivity index (χ2v) is 6.33. The Labute approximate surface area is 126 Å². The van der Waals surface area contributed by atoms with Crippen LogP contribution < -0.4 is 10.2 Å². The second-order valence-electron chi connectivity index (χ2n) is 6.33. The number of likely N-dealkylation sites (N-methyl/N-ethyl adjacent to an activating group) is 1. The summed E-state index contributed by atoms with van der Waals surface area (Å²) in [6.07, 6.45) is 4.74. The summed E-state index contributed by atoms with van der Waals surface area (Å²) < 4.78 is 5.54. The fourth-order valence-corrected chi connectivity index (χ4v) is 3.36. The first-order chi connectivity index (χ1) is 10.3. The summed E-state index contributed by atoms with van der Waals surface area (Å²) in [6.45, 7) is 7.34. The van der Waals surface area contributed by atoms with Crippen molar-refractivity contribution in [1.29, 1.82) is 0 Å². The molecule has 6 nitrogen and oxygen atoms in total. The predicted octanol–water partition coefficient (Wildman–Crippen LogP) is 1.46. The van der Waals surface area contributed by atoms with Crippen LogP contribution in [-0.2, 0) is 0 Å². The Morgan fingerprint density at radius 2 is 1.86 bits per heavy atom. The molecule has 3 rings (SSSR count). The topological polar surface area (TPSA) is 57.4 Å². The second kappa shape index (κ2) is 6.75. The van der Waals surface area contributed by atoms with Crippen LogP contribution in [0.25, 0.3) is 0 Å². The summed E-state index contributed by atoms with van der Waals surface area (Å²) in [7, 11) is 2.15. The van der Waals surface area contributed by atoms with E-state index in [1.54, 1.807) is 0 Å². The Kier molecular flexibility index (Phi) is 4.75. The summed E-state index contributed by atoms with van der Waals surface area (Å²) in [5.74, 6) is 2.08. The molecule has 0 atom stereocenters. The first kappa shape index (κ1) is 14.8. The van der Waals surface area contributed by atoms with E-state index in [-0.39, 0.29) is 0 Å². The number of nitrogens with zero attached hydrogens (tertiary/aromatic N) is 4. The van der Waals surface area contributed by atoms with Gasteiger partial charge in [-0.25, -0.2) is 0 Å². The van der Waals surface area contributed by atoms with Crippen LogP contribution in [0.2, 0.25) is 0 Å². The van der Waals surface area contributed by atoms with Crippen LogP contribution in [0.15, 0.2) is 4.52 Å². The summed E-state index contributed by atoms with van der Waals surface area (Å²) >= 11 is 0. The largest absolute Gasteiger partial charge is 0.337 e. The average Bonchev–Trinajstić information content (AvgIpc) is 2.99. The van der Waals surface area contributed by atoms with Crippen LogP contribution in [0.3, 0.4) is 0 Å². The Morgan fingerprint density at radius 3 is 2.52 bits per heavy atom. The lowest BCUT2D eigenvalue weighted by Gasteiger charge is -2.31. The number of hydrogen-bond acceptors (Lipinski definition) is 6. The third-order valence-electron chi connectivity index (χ3n) is 4.79. The van der Waals surface area contributed by atoms with E-state index in [2.05, 4.69) is 39.2 Å². The van der Waals surface area contributed by atoms with Crippen molar-refractivity contribution in [2.24, 2.45) is 0 Å².